The van der Waals surface area contributed by atoms with Crippen LogP contribution in [-0.4, -0.2) is 28.3 Å². The molecule has 0 radical (unpaired) electrons. The molecule has 0 saturated heterocycles. The molecule has 0 bridgehead atoms. The Morgan fingerprint density at radius 1 is 1.29 bits per heavy atom. The predicted octanol–water partition coefficient (Wildman–Crippen LogP) is 0.450. The molecule has 0 fully saturated rings. The normalized spacial score (nSPS) is 8.93. The lowest BCUT2D eigenvalue weighted by molar-refractivity contribution is 0.0525. The molecule has 1 aromatic rings. The fourth-order valence-electron chi connectivity index (χ4n) is 0.927. The van der Waals surface area contributed by atoms with Crippen LogP contribution in [0.2, 0.25) is 0 Å². The van der Waals surface area contributed by atoms with Crippen LogP contribution in [0.4, 0.5) is 0 Å². The van der Waals surface area contributed by atoms with E-state index in [4.69, 9.17) is 10.2 Å². The zero-order valence-corrected chi connectivity index (χ0v) is 7.65. The van der Waals surface area contributed by atoms with Gasteiger partial charge in [-0.3, -0.25) is 0 Å². The molecule has 78 valence electrons. The lowest BCUT2D eigenvalue weighted by atomic mass is 10.2. The van der Waals surface area contributed by atoms with E-state index in [-0.39, 0.29) is 29.1 Å². The summed E-state index contributed by atoms with van der Waals surface area (Å²) >= 11 is 0. The largest absolute Gasteiger partial charge is 0.508 e. The second kappa shape index (κ2) is 5.08. The minimum Gasteiger partial charge on any atom is -0.508 e. The second-order valence-electron chi connectivity index (χ2n) is 2.46. The topological polar surface area (TPSA) is 98.3 Å². The molecule has 1 aromatic carbocycles. The highest BCUT2D eigenvalue weighted by Gasteiger charge is 2.08. The predicted molar refractivity (Wildman–Crippen MR) is 49.3 cm³/mol. The SMILES string of the molecule is CCOC(=O)c1cc(O)cc(O)c1.O. The molecular weight excluding hydrogens is 188 g/mol. The Bertz CT molecular complexity index is 301. The van der Waals surface area contributed by atoms with Gasteiger partial charge in [0.1, 0.15) is 11.5 Å². The Labute approximate surface area is 80.9 Å². The highest BCUT2D eigenvalue weighted by atomic mass is 16.5. The first kappa shape index (κ1) is 12.2. The maximum atomic E-state index is 11.1. The molecule has 5 heteroatoms. The minimum atomic E-state index is -0.561. The van der Waals surface area contributed by atoms with Crippen LogP contribution in [0.25, 0.3) is 0 Å². The van der Waals surface area contributed by atoms with Gasteiger partial charge in [0.2, 0.25) is 0 Å². The lowest BCUT2D eigenvalue weighted by Crippen LogP contribution is -2.03. The van der Waals surface area contributed by atoms with Crippen molar-refractivity contribution in [1.82, 2.24) is 0 Å². The summed E-state index contributed by atoms with van der Waals surface area (Å²) in [5.41, 5.74) is 0.138. The summed E-state index contributed by atoms with van der Waals surface area (Å²) in [5, 5.41) is 18.1. The first-order valence-corrected chi connectivity index (χ1v) is 3.83. The number of ether oxygens (including phenoxy) is 1. The quantitative estimate of drug-likeness (QED) is 0.677. The van der Waals surface area contributed by atoms with Gasteiger partial charge < -0.3 is 20.4 Å². The highest BCUT2D eigenvalue weighted by molar-refractivity contribution is 5.90. The number of carbonyl (C=O) groups is 1. The van der Waals surface area contributed by atoms with Crippen molar-refractivity contribution in [3.63, 3.8) is 0 Å². The molecule has 0 aliphatic carbocycles. The van der Waals surface area contributed by atoms with Gasteiger partial charge in [0.15, 0.2) is 0 Å². The van der Waals surface area contributed by atoms with Crippen LogP contribution in [0.3, 0.4) is 0 Å². The van der Waals surface area contributed by atoms with Crippen LogP contribution in [0.5, 0.6) is 11.5 Å². The van der Waals surface area contributed by atoms with E-state index in [0.29, 0.717) is 0 Å². The molecule has 5 nitrogen and oxygen atoms in total. The number of phenolic OH excluding ortho intramolecular Hbond substituents is 2. The summed E-state index contributed by atoms with van der Waals surface area (Å²) in [6.07, 6.45) is 0. The molecule has 0 atom stereocenters. The zero-order chi connectivity index (χ0) is 9.84. The van der Waals surface area contributed by atoms with Gasteiger partial charge in [-0.1, -0.05) is 0 Å². The second-order valence-corrected chi connectivity index (χ2v) is 2.46. The average molecular weight is 200 g/mol. The Balaban J connectivity index is 0.00000169. The Morgan fingerprint density at radius 3 is 2.21 bits per heavy atom. The Kier molecular flexibility index (Phi) is 4.45. The Hall–Kier alpha value is -1.75. The van der Waals surface area contributed by atoms with Gasteiger partial charge >= 0.3 is 5.97 Å². The Morgan fingerprint density at radius 2 is 1.79 bits per heavy atom. The van der Waals surface area contributed by atoms with Crippen molar-refractivity contribution in [2.75, 3.05) is 6.61 Å². The van der Waals surface area contributed by atoms with Gasteiger partial charge in [-0.2, -0.15) is 0 Å². The van der Waals surface area contributed by atoms with E-state index in [1.54, 1.807) is 6.92 Å². The van der Waals surface area contributed by atoms with Crippen LogP contribution in [0, 0.1) is 0 Å². The standard InChI is InChI=1S/C9H10O4.H2O/c1-2-13-9(12)6-3-7(10)5-8(11)4-6;/h3-5,10-11H,2H2,1H3;1H2. The maximum absolute atomic E-state index is 11.1. The van der Waals surface area contributed by atoms with Crippen LogP contribution in [0.15, 0.2) is 18.2 Å². The van der Waals surface area contributed by atoms with Crippen molar-refractivity contribution < 1.29 is 25.2 Å². The van der Waals surface area contributed by atoms with Crippen molar-refractivity contribution in [1.29, 1.82) is 0 Å². The van der Waals surface area contributed by atoms with Crippen LogP contribution in [-0.2, 0) is 4.74 Å². The average Bonchev–Trinajstić information content (AvgIpc) is 2.03. The van der Waals surface area contributed by atoms with Gasteiger partial charge in [-0.25, -0.2) is 4.79 Å². The van der Waals surface area contributed by atoms with Crippen LogP contribution >= 0.6 is 0 Å². The summed E-state index contributed by atoms with van der Waals surface area (Å²) < 4.78 is 4.68. The summed E-state index contributed by atoms with van der Waals surface area (Å²) in [6, 6.07) is 3.61. The van der Waals surface area contributed by atoms with Crippen molar-refractivity contribution in [2.24, 2.45) is 0 Å². The van der Waals surface area contributed by atoms with Crippen LogP contribution in [0.1, 0.15) is 17.3 Å². The van der Waals surface area contributed by atoms with E-state index in [1.165, 1.54) is 12.1 Å². The summed E-state index contributed by atoms with van der Waals surface area (Å²) in [7, 11) is 0. The molecule has 14 heavy (non-hydrogen) atoms. The highest BCUT2D eigenvalue weighted by Crippen LogP contribution is 2.20. The van der Waals surface area contributed by atoms with Crippen molar-refractivity contribution >= 4 is 5.97 Å². The number of esters is 1. The van der Waals surface area contributed by atoms with Crippen molar-refractivity contribution in [3.05, 3.63) is 23.8 Å². The molecule has 0 heterocycles. The molecule has 0 unspecified atom stereocenters. The summed E-state index contributed by atoms with van der Waals surface area (Å²) in [4.78, 5) is 11.1. The maximum Gasteiger partial charge on any atom is 0.338 e. The fourth-order valence-corrected chi connectivity index (χ4v) is 0.927. The van der Waals surface area contributed by atoms with Gasteiger partial charge in [0.25, 0.3) is 0 Å². The minimum absolute atomic E-state index is 0. The van der Waals surface area contributed by atoms with Crippen molar-refractivity contribution in [3.8, 4) is 11.5 Å². The monoisotopic (exact) mass is 200 g/mol. The lowest BCUT2D eigenvalue weighted by Gasteiger charge is -2.02. The summed E-state index contributed by atoms with van der Waals surface area (Å²) in [5.74, 6) is -0.889. The molecule has 0 aromatic heterocycles. The number of rotatable bonds is 2. The zero-order valence-electron chi connectivity index (χ0n) is 7.65. The third-order valence-electron chi connectivity index (χ3n) is 1.41. The fraction of sp³-hybridized carbons (Fsp3) is 0.222. The molecular formula is C9H12O5. The van der Waals surface area contributed by atoms with Gasteiger partial charge in [0.05, 0.1) is 12.2 Å². The van der Waals surface area contributed by atoms with E-state index in [1.807, 2.05) is 0 Å². The number of hydrogen-bond donors (Lipinski definition) is 2. The number of hydrogen-bond acceptors (Lipinski definition) is 4. The molecule has 0 aliphatic rings. The number of carbonyl (C=O) groups excluding carboxylic acids is 1. The third kappa shape index (κ3) is 2.95. The molecule has 1 rings (SSSR count). The van der Waals surface area contributed by atoms with Gasteiger partial charge in [-0.05, 0) is 19.1 Å². The molecule has 4 N–H and O–H groups in total. The third-order valence-corrected chi connectivity index (χ3v) is 1.41. The molecule has 0 spiro atoms. The smallest absolute Gasteiger partial charge is 0.338 e. The number of benzene rings is 1. The molecule has 0 saturated carbocycles. The molecule has 0 amide bonds. The van der Waals surface area contributed by atoms with E-state index >= 15 is 0 Å². The van der Waals surface area contributed by atoms with E-state index in [0.717, 1.165) is 6.07 Å². The number of aromatic hydroxyl groups is 2. The van der Waals surface area contributed by atoms with E-state index < -0.39 is 5.97 Å². The summed E-state index contributed by atoms with van der Waals surface area (Å²) in [6.45, 7) is 1.94. The first-order valence-electron chi connectivity index (χ1n) is 3.83. The van der Waals surface area contributed by atoms with Crippen molar-refractivity contribution in [2.45, 2.75) is 6.92 Å². The van der Waals surface area contributed by atoms with E-state index in [9.17, 15) is 4.79 Å². The molecule has 0 aliphatic heterocycles. The first-order chi connectivity index (χ1) is 6.13. The van der Waals surface area contributed by atoms with Gasteiger partial charge in [-0.15, -0.1) is 0 Å². The van der Waals surface area contributed by atoms with Crippen LogP contribution < -0.4 is 0 Å². The van der Waals surface area contributed by atoms with Gasteiger partial charge in [0, 0.05) is 6.07 Å². The van der Waals surface area contributed by atoms with E-state index in [2.05, 4.69) is 4.74 Å². The number of phenols is 2.